The lowest BCUT2D eigenvalue weighted by atomic mass is 10.0. The van der Waals surface area contributed by atoms with Crippen LogP contribution < -0.4 is 5.73 Å². The van der Waals surface area contributed by atoms with E-state index in [1.54, 1.807) is 12.1 Å². The summed E-state index contributed by atoms with van der Waals surface area (Å²) < 4.78 is 1.94. The molecule has 4 nitrogen and oxygen atoms in total. The maximum Gasteiger partial charge on any atom is 0.200 e. The molecule has 0 aliphatic heterocycles. The lowest BCUT2D eigenvalue weighted by Crippen LogP contribution is -2.03. The van der Waals surface area contributed by atoms with Crippen molar-refractivity contribution < 1.29 is 5.11 Å². The van der Waals surface area contributed by atoms with Crippen LogP contribution in [0.5, 0.6) is 5.75 Å². The van der Waals surface area contributed by atoms with Gasteiger partial charge in [-0.15, -0.1) is 0 Å². The van der Waals surface area contributed by atoms with Crippen molar-refractivity contribution in [1.82, 2.24) is 9.55 Å². The molecular weight excluding hydrogens is 286 g/mol. The number of anilines is 1. The number of benzene rings is 2. The number of hydrogen-bond donors (Lipinski definition) is 2. The number of imidazole rings is 1. The van der Waals surface area contributed by atoms with Crippen LogP contribution in [0.1, 0.15) is 28.1 Å². The Balaban J connectivity index is 1.90. The van der Waals surface area contributed by atoms with Gasteiger partial charge in [-0.1, -0.05) is 42.0 Å². The van der Waals surface area contributed by atoms with E-state index in [0.29, 0.717) is 5.95 Å². The highest BCUT2D eigenvalue weighted by molar-refractivity contribution is 5.37. The first kappa shape index (κ1) is 15.2. The van der Waals surface area contributed by atoms with Crippen LogP contribution in [0.3, 0.4) is 0 Å². The van der Waals surface area contributed by atoms with E-state index >= 15 is 0 Å². The van der Waals surface area contributed by atoms with Crippen molar-refractivity contribution in [3.8, 4) is 5.75 Å². The van der Waals surface area contributed by atoms with Crippen molar-refractivity contribution in [2.24, 2.45) is 7.05 Å². The summed E-state index contributed by atoms with van der Waals surface area (Å²) in [5, 5.41) is 9.42. The van der Waals surface area contributed by atoms with Gasteiger partial charge in [-0.05, 0) is 30.2 Å². The third-order valence-electron chi connectivity index (χ3n) is 4.13. The predicted molar refractivity (Wildman–Crippen MR) is 92.5 cm³/mol. The number of rotatable bonds is 4. The molecule has 2 aromatic carbocycles. The monoisotopic (exact) mass is 307 g/mol. The molecule has 0 atom stereocenters. The first-order chi connectivity index (χ1) is 11.0. The molecule has 0 spiro atoms. The average Bonchev–Trinajstić information content (AvgIpc) is 2.79. The van der Waals surface area contributed by atoms with Gasteiger partial charge in [0.2, 0.25) is 0 Å². The van der Waals surface area contributed by atoms with Crippen LogP contribution in [-0.4, -0.2) is 14.7 Å². The second-order valence-corrected chi connectivity index (χ2v) is 5.93. The SMILES string of the molecule is Cc1ccc(Cc2nc(N)n(C)c2Cc2ccc(O)cc2)cc1. The van der Waals surface area contributed by atoms with Crippen LogP contribution >= 0.6 is 0 Å². The standard InChI is InChI=1S/C19H21N3O/c1-13-3-5-14(6-4-13)11-17-18(22(2)19(20)21-17)12-15-7-9-16(23)10-8-15/h3-10,23H,11-12H2,1-2H3,(H2,20,21). The zero-order valence-electron chi connectivity index (χ0n) is 13.5. The van der Waals surface area contributed by atoms with Crippen molar-refractivity contribution in [2.75, 3.05) is 5.73 Å². The summed E-state index contributed by atoms with van der Waals surface area (Å²) in [5.74, 6) is 0.805. The molecule has 0 amide bonds. The van der Waals surface area contributed by atoms with Crippen molar-refractivity contribution in [1.29, 1.82) is 0 Å². The van der Waals surface area contributed by atoms with Crippen molar-refractivity contribution in [3.05, 3.63) is 76.6 Å². The van der Waals surface area contributed by atoms with Crippen LogP contribution in [0.25, 0.3) is 0 Å². The first-order valence-electron chi connectivity index (χ1n) is 7.66. The molecule has 4 heteroatoms. The number of nitrogens with zero attached hydrogens (tertiary/aromatic N) is 2. The van der Waals surface area contributed by atoms with E-state index < -0.39 is 0 Å². The van der Waals surface area contributed by atoms with Gasteiger partial charge in [0.25, 0.3) is 0 Å². The Hall–Kier alpha value is -2.75. The molecule has 0 aliphatic rings. The van der Waals surface area contributed by atoms with E-state index in [4.69, 9.17) is 5.73 Å². The number of phenols is 1. The first-order valence-corrected chi connectivity index (χ1v) is 7.66. The van der Waals surface area contributed by atoms with Crippen LogP contribution in [-0.2, 0) is 19.9 Å². The maximum atomic E-state index is 9.42. The second-order valence-electron chi connectivity index (χ2n) is 5.93. The van der Waals surface area contributed by atoms with Crippen LogP contribution in [0.4, 0.5) is 5.95 Å². The highest BCUT2D eigenvalue weighted by Crippen LogP contribution is 2.21. The molecule has 1 aromatic heterocycles. The van der Waals surface area contributed by atoms with Crippen molar-refractivity contribution in [3.63, 3.8) is 0 Å². The fourth-order valence-corrected chi connectivity index (χ4v) is 2.68. The highest BCUT2D eigenvalue weighted by atomic mass is 16.3. The lowest BCUT2D eigenvalue weighted by molar-refractivity contribution is 0.475. The summed E-state index contributed by atoms with van der Waals surface area (Å²) in [5.41, 5.74) is 11.7. The molecule has 0 radical (unpaired) electrons. The fourth-order valence-electron chi connectivity index (χ4n) is 2.68. The Morgan fingerprint density at radius 3 is 2.17 bits per heavy atom. The summed E-state index contributed by atoms with van der Waals surface area (Å²) in [7, 11) is 1.94. The molecule has 3 N–H and O–H groups in total. The molecule has 0 aliphatic carbocycles. The highest BCUT2D eigenvalue weighted by Gasteiger charge is 2.14. The summed E-state index contributed by atoms with van der Waals surface area (Å²) >= 11 is 0. The zero-order chi connectivity index (χ0) is 16.4. The normalized spacial score (nSPS) is 10.9. The van der Waals surface area contributed by atoms with Gasteiger partial charge in [0, 0.05) is 25.6 Å². The Morgan fingerprint density at radius 1 is 0.957 bits per heavy atom. The van der Waals surface area contributed by atoms with E-state index in [0.717, 1.165) is 29.8 Å². The smallest absolute Gasteiger partial charge is 0.200 e. The number of nitrogen functional groups attached to an aromatic ring is 1. The third-order valence-corrected chi connectivity index (χ3v) is 4.13. The Bertz CT molecular complexity index is 802. The minimum atomic E-state index is 0.276. The quantitative estimate of drug-likeness (QED) is 0.778. The molecule has 0 bridgehead atoms. The lowest BCUT2D eigenvalue weighted by Gasteiger charge is -2.08. The number of aromatic nitrogens is 2. The number of hydrogen-bond acceptors (Lipinski definition) is 3. The van der Waals surface area contributed by atoms with Crippen LogP contribution in [0.15, 0.2) is 48.5 Å². The minimum Gasteiger partial charge on any atom is -0.508 e. The van der Waals surface area contributed by atoms with E-state index in [1.807, 2.05) is 23.7 Å². The van der Waals surface area contributed by atoms with Gasteiger partial charge in [-0.25, -0.2) is 4.98 Å². The van der Waals surface area contributed by atoms with Gasteiger partial charge >= 0.3 is 0 Å². The van der Waals surface area contributed by atoms with Gasteiger partial charge in [0.05, 0.1) is 5.69 Å². The molecule has 0 saturated heterocycles. The molecule has 3 aromatic rings. The predicted octanol–water partition coefficient (Wildman–Crippen LogP) is 3.20. The molecule has 1 heterocycles. The van der Waals surface area contributed by atoms with E-state index in [1.165, 1.54) is 11.1 Å². The summed E-state index contributed by atoms with van der Waals surface area (Å²) in [6.07, 6.45) is 1.50. The summed E-state index contributed by atoms with van der Waals surface area (Å²) in [4.78, 5) is 4.53. The third kappa shape index (κ3) is 3.37. The zero-order valence-corrected chi connectivity index (χ0v) is 13.5. The van der Waals surface area contributed by atoms with Crippen LogP contribution in [0, 0.1) is 6.92 Å². The van der Waals surface area contributed by atoms with Gasteiger partial charge in [0.1, 0.15) is 5.75 Å². The molecule has 118 valence electrons. The van der Waals surface area contributed by atoms with Gasteiger partial charge in [0.15, 0.2) is 5.95 Å². The Kier molecular flexibility index (Phi) is 4.06. The van der Waals surface area contributed by atoms with Crippen molar-refractivity contribution >= 4 is 5.95 Å². The number of aryl methyl sites for hydroxylation is 1. The molecular formula is C19H21N3O. The number of phenolic OH excluding ortho intramolecular Hbond substituents is 1. The number of aromatic hydroxyl groups is 1. The molecule has 0 unspecified atom stereocenters. The Morgan fingerprint density at radius 2 is 1.52 bits per heavy atom. The molecule has 3 rings (SSSR count). The number of nitrogens with two attached hydrogens (primary N) is 1. The van der Waals surface area contributed by atoms with Crippen LogP contribution in [0.2, 0.25) is 0 Å². The fraction of sp³-hybridized carbons (Fsp3) is 0.211. The molecule has 23 heavy (non-hydrogen) atoms. The van der Waals surface area contributed by atoms with E-state index in [-0.39, 0.29) is 5.75 Å². The summed E-state index contributed by atoms with van der Waals surface area (Å²) in [6, 6.07) is 15.7. The average molecular weight is 307 g/mol. The van der Waals surface area contributed by atoms with Gasteiger partial charge in [-0.2, -0.15) is 0 Å². The Labute approximate surface area is 136 Å². The van der Waals surface area contributed by atoms with E-state index in [2.05, 4.69) is 36.2 Å². The van der Waals surface area contributed by atoms with Gasteiger partial charge in [-0.3, -0.25) is 0 Å². The topological polar surface area (TPSA) is 64.1 Å². The molecule has 0 saturated carbocycles. The van der Waals surface area contributed by atoms with E-state index in [9.17, 15) is 5.11 Å². The maximum absolute atomic E-state index is 9.42. The summed E-state index contributed by atoms with van der Waals surface area (Å²) in [6.45, 7) is 2.08. The van der Waals surface area contributed by atoms with Crippen molar-refractivity contribution in [2.45, 2.75) is 19.8 Å². The molecule has 0 fully saturated rings. The minimum absolute atomic E-state index is 0.276. The van der Waals surface area contributed by atoms with Gasteiger partial charge < -0.3 is 15.4 Å². The second kappa shape index (κ2) is 6.16. The largest absolute Gasteiger partial charge is 0.508 e.